The van der Waals surface area contributed by atoms with Crippen molar-refractivity contribution in [2.24, 2.45) is 17.2 Å². The van der Waals surface area contributed by atoms with E-state index in [1.165, 1.54) is 0 Å². The maximum absolute atomic E-state index is 12.5. The van der Waals surface area contributed by atoms with Gasteiger partial charge in [-0.1, -0.05) is 0 Å². The minimum atomic E-state index is -1.63. The van der Waals surface area contributed by atoms with Crippen molar-refractivity contribution in [2.75, 3.05) is 12.3 Å². The first kappa shape index (κ1) is 29.1. The first-order chi connectivity index (χ1) is 14.9. The lowest BCUT2D eigenvalue weighted by molar-refractivity contribution is -0.143. The molecule has 0 heterocycles. The van der Waals surface area contributed by atoms with Crippen LogP contribution in [0.3, 0.4) is 0 Å². The SMILES string of the molecule is NCCCCC(NC(=O)C(CC(=O)O)NC(=O)C(CS)NC(=O)C(N)CC(N)=O)C(=O)O. The summed E-state index contributed by atoms with van der Waals surface area (Å²) in [6, 6.07) is -5.59. The fourth-order valence-electron chi connectivity index (χ4n) is 2.46. The summed E-state index contributed by atoms with van der Waals surface area (Å²) in [5, 5.41) is 24.9. The molecule has 0 fully saturated rings. The number of thiol groups is 1. The predicted octanol–water partition coefficient (Wildman–Crippen LogP) is -3.74. The monoisotopic (exact) mass is 478 g/mol. The Kier molecular flexibility index (Phi) is 13.6. The highest BCUT2D eigenvalue weighted by Gasteiger charge is 2.31. The molecule has 4 unspecified atom stereocenters. The van der Waals surface area contributed by atoms with Crippen LogP contribution in [0.15, 0.2) is 0 Å². The molecular weight excluding hydrogens is 448 g/mol. The van der Waals surface area contributed by atoms with Crippen LogP contribution in [-0.4, -0.2) is 82.2 Å². The second-order valence-corrected chi connectivity index (χ2v) is 7.23. The number of nitrogens with two attached hydrogens (primary N) is 3. The molecule has 14 nitrogen and oxygen atoms in total. The Labute approximate surface area is 189 Å². The fraction of sp³-hybridized carbons (Fsp3) is 0.647. The average molecular weight is 479 g/mol. The highest BCUT2D eigenvalue weighted by Crippen LogP contribution is 2.04. The van der Waals surface area contributed by atoms with E-state index in [0.717, 1.165) is 0 Å². The van der Waals surface area contributed by atoms with Gasteiger partial charge in [-0.25, -0.2) is 4.79 Å². The number of carboxylic acid groups (broad SMARTS) is 2. The molecule has 0 rings (SSSR count). The summed E-state index contributed by atoms with van der Waals surface area (Å²) in [5.74, 6) is -6.74. The second-order valence-electron chi connectivity index (χ2n) is 6.86. The molecule has 182 valence electrons. The second kappa shape index (κ2) is 15.0. The number of rotatable bonds is 16. The van der Waals surface area contributed by atoms with Crippen molar-refractivity contribution in [3.8, 4) is 0 Å². The van der Waals surface area contributed by atoms with Crippen LogP contribution in [0.4, 0.5) is 0 Å². The number of hydrogen-bond donors (Lipinski definition) is 9. The lowest BCUT2D eigenvalue weighted by Gasteiger charge is -2.23. The molecule has 0 spiro atoms. The van der Waals surface area contributed by atoms with Crippen molar-refractivity contribution >= 4 is 48.2 Å². The van der Waals surface area contributed by atoms with E-state index in [9.17, 15) is 33.9 Å². The number of amides is 4. The highest BCUT2D eigenvalue weighted by molar-refractivity contribution is 7.80. The molecule has 32 heavy (non-hydrogen) atoms. The molecule has 0 aliphatic rings. The first-order valence-electron chi connectivity index (χ1n) is 9.63. The summed E-state index contributed by atoms with van der Waals surface area (Å²) in [7, 11) is 0. The maximum atomic E-state index is 12.5. The van der Waals surface area contributed by atoms with Crippen molar-refractivity contribution in [1.29, 1.82) is 0 Å². The number of hydrogen-bond acceptors (Lipinski definition) is 9. The molecule has 4 amide bonds. The van der Waals surface area contributed by atoms with Crippen LogP contribution >= 0.6 is 12.6 Å². The van der Waals surface area contributed by atoms with E-state index >= 15 is 0 Å². The molecule has 0 aromatic rings. The van der Waals surface area contributed by atoms with E-state index in [1.54, 1.807) is 0 Å². The van der Waals surface area contributed by atoms with Crippen molar-refractivity contribution < 1.29 is 39.0 Å². The summed E-state index contributed by atoms with van der Waals surface area (Å²) in [6.45, 7) is 0.331. The van der Waals surface area contributed by atoms with Crippen molar-refractivity contribution in [3.05, 3.63) is 0 Å². The van der Waals surface area contributed by atoms with Gasteiger partial charge in [0.2, 0.25) is 23.6 Å². The highest BCUT2D eigenvalue weighted by atomic mass is 32.1. The zero-order valence-electron chi connectivity index (χ0n) is 17.3. The Hall–Kier alpha value is -2.91. The van der Waals surface area contributed by atoms with Gasteiger partial charge in [0.05, 0.1) is 18.9 Å². The molecule has 0 aromatic heterocycles. The zero-order valence-corrected chi connectivity index (χ0v) is 18.2. The Morgan fingerprint density at radius 3 is 1.81 bits per heavy atom. The Morgan fingerprint density at radius 1 is 0.812 bits per heavy atom. The van der Waals surface area contributed by atoms with E-state index < -0.39 is 72.6 Å². The maximum Gasteiger partial charge on any atom is 0.326 e. The van der Waals surface area contributed by atoms with Crippen LogP contribution in [0.5, 0.6) is 0 Å². The number of primary amides is 1. The van der Waals surface area contributed by atoms with Crippen LogP contribution < -0.4 is 33.2 Å². The molecule has 0 radical (unpaired) electrons. The lowest BCUT2D eigenvalue weighted by Crippen LogP contribution is -2.58. The quantitative estimate of drug-likeness (QED) is 0.0773. The van der Waals surface area contributed by atoms with Crippen LogP contribution in [0.2, 0.25) is 0 Å². The minimum absolute atomic E-state index is 0.0546. The normalized spacial score (nSPS) is 14.3. The summed E-state index contributed by atoms with van der Waals surface area (Å²) in [4.78, 5) is 70.3. The number of aliphatic carboxylic acids is 2. The van der Waals surface area contributed by atoms with Crippen molar-refractivity contribution in [3.63, 3.8) is 0 Å². The topological polar surface area (TPSA) is 257 Å². The molecule has 0 aromatic carbocycles. The number of carboxylic acids is 2. The summed E-state index contributed by atoms with van der Waals surface area (Å²) >= 11 is 3.93. The Bertz CT molecular complexity index is 707. The van der Waals surface area contributed by atoms with Gasteiger partial charge in [0, 0.05) is 5.75 Å². The predicted molar refractivity (Wildman–Crippen MR) is 114 cm³/mol. The molecule has 4 atom stereocenters. The third-order valence-corrected chi connectivity index (χ3v) is 4.51. The first-order valence-corrected chi connectivity index (χ1v) is 10.3. The van der Waals surface area contributed by atoms with Gasteiger partial charge in [-0.3, -0.25) is 24.0 Å². The summed E-state index contributed by atoms with van der Waals surface area (Å²) in [6.07, 6.45) is -0.336. The minimum Gasteiger partial charge on any atom is -0.481 e. The van der Waals surface area contributed by atoms with Crippen LogP contribution in [0.1, 0.15) is 32.1 Å². The van der Waals surface area contributed by atoms with Gasteiger partial charge in [-0.2, -0.15) is 12.6 Å². The number of carbonyl (C=O) groups is 6. The molecule has 11 N–H and O–H groups in total. The van der Waals surface area contributed by atoms with E-state index in [2.05, 4.69) is 28.6 Å². The molecule has 0 aliphatic heterocycles. The Morgan fingerprint density at radius 2 is 1.34 bits per heavy atom. The van der Waals surface area contributed by atoms with Gasteiger partial charge < -0.3 is 43.4 Å². The van der Waals surface area contributed by atoms with E-state index in [-0.39, 0.29) is 12.2 Å². The van der Waals surface area contributed by atoms with E-state index in [0.29, 0.717) is 19.4 Å². The molecular formula is C17H30N6O8S. The number of nitrogens with one attached hydrogen (secondary N) is 3. The van der Waals surface area contributed by atoms with Gasteiger partial charge in [-0.05, 0) is 25.8 Å². The number of unbranched alkanes of at least 4 members (excludes halogenated alkanes) is 1. The summed E-state index contributed by atoms with van der Waals surface area (Å²) < 4.78 is 0. The molecule has 0 saturated carbocycles. The van der Waals surface area contributed by atoms with Gasteiger partial charge in [0.15, 0.2) is 0 Å². The Balaban J connectivity index is 5.24. The average Bonchev–Trinajstić information content (AvgIpc) is 2.69. The van der Waals surface area contributed by atoms with Gasteiger partial charge in [0.1, 0.15) is 18.1 Å². The number of carbonyl (C=O) groups excluding carboxylic acids is 4. The lowest BCUT2D eigenvalue weighted by atomic mass is 10.1. The third kappa shape index (κ3) is 11.5. The standard InChI is InChI=1S/C17H30N6O8S/c18-4-2-1-3-9(17(30)31)21-15(28)10(6-13(25)26)22-16(29)11(7-32)23-14(27)8(19)5-12(20)24/h8-11,32H,1-7,18-19H2,(H2,20,24)(H,21,28)(H,22,29)(H,23,27)(H,25,26)(H,30,31). The van der Waals surface area contributed by atoms with Gasteiger partial charge >= 0.3 is 11.9 Å². The van der Waals surface area contributed by atoms with Gasteiger partial charge in [0.25, 0.3) is 0 Å². The largest absolute Gasteiger partial charge is 0.481 e. The van der Waals surface area contributed by atoms with Crippen molar-refractivity contribution in [1.82, 2.24) is 16.0 Å². The van der Waals surface area contributed by atoms with E-state index in [4.69, 9.17) is 22.3 Å². The fourth-order valence-corrected chi connectivity index (χ4v) is 2.72. The molecule has 15 heteroatoms. The molecule has 0 aliphatic carbocycles. The van der Waals surface area contributed by atoms with Crippen LogP contribution in [0, 0.1) is 0 Å². The third-order valence-electron chi connectivity index (χ3n) is 4.15. The van der Waals surface area contributed by atoms with Crippen LogP contribution in [0.25, 0.3) is 0 Å². The molecule has 0 saturated heterocycles. The summed E-state index contributed by atoms with van der Waals surface area (Å²) in [5.41, 5.74) is 15.8. The van der Waals surface area contributed by atoms with E-state index in [1.807, 2.05) is 0 Å². The smallest absolute Gasteiger partial charge is 0.326 e. The van der Waals surface area contributed by atoms with Gasteiger partial charge in [-0.15, -0.1) is 0 Å². The molecule has 0 bridgehead atoms. The van der Waals surface area contributed by atoms with Crippen LogP contribution in [-0.2, 0) is 28.8 Å². The zero-order chi connectivity index (χ0) is 24.8. The van der Waals surface area contributed by atoms with Crippen molar-refractivity contribution in [2.45, 2.75) is 56.3 Å².